The molecule has 0 bridgehead atoms. The predicted octanol–water partition coefficient (Wildman–Crippen LogP) is 4.26. The van der Waals surface area contributed by atoms with E-state index in [0.29, 0.717) is 0 Å². The Morgan fingerprint density at radius 2 is 1.93 bits per heavy atom. The third-order valence-corrected chi connectivity index (χ3v) is 2.97. The van der Waals surface area contributed by atoms with Gasteiger partial charge in [-0.25, -0.2) is 4.39 Å². The Morgan fingerprint density at radius 3 is 2.40 bits per heavy atom. The molecule has 0 heterocycles. The molecule has 0 atom stereocenters. The molecule has 0 amide bonds. The Balaban J connectivity index is 3.29. The van der Waals surface area contributed by atoms with E-state index in [-0.39, 0.29) is 4.47 Å². The number of halogens is 6. The van der Waals surface area contributed by atoms with Gasteiger partial charge in [-0.2, -0.15) is 8.78 Å². The number of carbonyl (C=O) groups excluding carboxylic acids is 1. The van der Waals surface area contributed by atoms with E-state index < -0.39 is 27.6 Å². The molecule has 1 aromatic carbocycles. The standard InChI is InChI=1S/C8H2BrCl2F3O/c9-4-2-1-3(6(12)5(4)10)7(15)8(11,13)14/h1-2H. The molecule has 0 saturated heterocycles. The summed E-state index contributed by atoms with van der Waals surface area (Å²) in [5, 5.41) is -4.58. The van der Waals surface area contributed by atoms with Crippen LogP contribution in [-0.2, 0) is 0 Å². The molecule has 7 heteroatoms. The highest BCUT2D eigenvalue weighted by Crippen LogP contribution is 2.31. The summed E-state index contributed by atoms with van der Waals surface area (Å²) in [6.07, 6.45) is 0. The maximum atomic E-state index is 13.3. The number of carbonyl (C=O) groups is 1. The van der Waals surface area contributed by atoms with Crippen LogP contribution in [0, 0.1) is 5.82 Å². The van der Waals surface area contributed by atoms with Crippen LogP contribution in [0.25, 0.3) is 0 Å². The summed E-state index contributed by atoms with van der Waals surface area (Å²) in [7, 11) is 0. The third-order valence-electron chi connectivity index (χ3n) is 1.54. The zero-order chi connectivity index (χ0) is 11.8. The molecule has 1 nitrogen and oxygen atoms in total. The van der Waals surface area contributed by atoms with E-state index in [1.54, 1.807) is 0 Å². The molecule has 0 spiro atoms. The van der Waals surface area contributed by atoms with Crippen LogP contribution in [-0.4, -0.2) is 11.2 Å². The molecule has 0 N–H and O–H groups in total. The number of hydrogen-bond acceptors (Lipinski definition) is 1. The van der Waals surface area contributed by atoms with Gasteiger partial charge in [0, 0.05) is 4.47 Å². The summed E-state index contributed by atoms with van der Waals surface area (Å²) in [4.78, 5) is 11.0. The van der Waals surface area contributed by atoms with Crippen molar-refractivity contribution in [2.45, 2.75) is 5.38 Å². The van der Waals surface area contributed by atoms with Crippen LogP contribution in [0.3, 0.4) is 0 Å². The summed E-state index contributed by atoms with van der Waals surface area (Å²) in [5.74, 6) is -3.05. The largest absolute Gasteiger partial charge is 0.385 e. The van der Waals surface area contributed by atoms with Crippen molar-refractivity contribution in [1.29, 1.82) is 0 Å². The predicted molar refractivity (Wildman–Crippen MR) is 54.2 cm³/mol. The first-order valence-electron chi connectivity index (χ1n) is 3.50. The molecule has 0 fully saturated rings. The maximum Gasteiger partial charge on any atom is 0.385 e. The van der Waals surface area contributed by atoms with Crippen molar-refractivity contribution in [3.05, 3.63) is 33.0 Å². The Labute approximate surface area is 101 Å². The lowest BCUT2D eigenvalue weighted by Crippen LogP contribution is -2.22. The van der Waals surface area contributed by atoms with E-state index in [2.05, 4.69) is 27.5 Å². The van der Waals surface area contributed by atoms with Gasteiger partial charge in [-0.05, 0) is 39.7 Å². The van der Waals surface area contributed by atoms with Gasteiger partial charge in [0.2, 0.25) is 0 Å². The highest BCUT2D eigenvalue weighted by molar-refractivity contribution is 9.10. The highest BCUT2D eigenvalue weighted by Gasteiger charge is 2.38. The van der Waals surface area contributed by atoms with Crippen LogP contribution in [0.5, 0.6) is 0 Å². The Bertz CT molecular complexity index is 417. The SMILES string of the molecule is O=C(c1ccc(Br)c(Cl)c1F)C(F)(F)Cl. The average molecular weight is 322 g/mol. The number of Topliss-reactive ketones (excluding diaryl/α,β-unsaturated/α-hetero) is 1. The maximum absolute atomic E-state index is 13.3. The summed E-state index contributed by atoms with van der Waals surface area (Å²) in [5.41, 5.74) is -0.844. The van der Waals surface area contributed by atoms with Crippen molar-refractivity contribution in [2.24, 2.45) is 0 Å². The molecule has 15 heavy (non-hydrogen) atoms. The molecular weight excluding hydrogens is 320 g/mol. The van der Waals surface area contributed by atoms with Crippen molar-refractivity contribution in [2.75, 3.05) is 0 Å². The molecule has 0 unspecified atom stereocenters. The van der Waals surface area contributed by atoms with Crippen LogP contribution < -0.4 is 0 Å². The van der Waals surface area contributed by atoms with Gasteiger partial charge in [0.1, 0.15) is 0 Å². The summed E-state index contributed by atoms with van der Waals surface area (Å²) in [6, 6.07) is 2.06. The zero-order valence-electron chi connectivity index (χ0n) is 6.83. The van der Waals surface area contributed by atoms with Crippen molar-refractivity contribution in [3.8, 4) is 0 Å². The van der Waals surface area contributed by atoms with Gasteiger partial charge in [-0.3, -0.25) is 4.79 Å². The molecule has 82 valence electrons. The minimum absolute atomic E-state index is 0.163. The van der Waals surface area contributed by atoms with Gasteiger partial charge >= 0.3 is 5.38 Å². The highest BCUT2D eigenvalue weighted by atomic mass is 79.9. The van der Waals surface area contributed by atoms with Gasteiger partial charge in [0.05, 0.1) is 10.6 Å². The Hall–Kier alpha value is -0.260. The number of ketones is 1. The van der Waals surface area contributed by atoms with Crippen LogP contribution in [0.2, 0.25) is 5.02 Å². The fourth-order valence-corrected chi connectivity index (χ4v) is 1.43. The van der Waals surface area contributed by atoms with Crippen LogP contribution in [0.4, 0.5) is 13.2 Å². The second-order valence-corrected chi connectivity index (χ2v) is 4.26. The van der Waals surface area contributed by atoms with E-state index in [1.807, 2.05) is 0 Å². The zero-order valence-corrected chi connectivity index (χ0v) is 9.93. The van der Waals surface area contributed by atoms with E-state index in [1.165, 1.54) is 6.07 Å². The average Bonchev–Trinajstić information content (AvgIpc) is 2.12. The summed E-state index contributed by atoms with van der Waals surface area (Å²) in [6.45, 7) is 0. The summed E-state index contributed by atoms with van der Waals surface area (Å²) >= 11 is 12.8. The molecule has 1 aromatic rings. The van der Waals surface area contributed by atoms with Gasteiger partial charge in [0.15, 0.2) is 5.82 Å². The van der Waals surface area contributed by atoms with E-state index in [9.17, 15) is 18.0 Å². The van der Waals surface area contributed by atoms with Gasteiger partial charge in [-0.1, -0.05) is 11.6 Å². The number of hydrogen-bond donors (Lipinski definition) is 0. The van der Waals surface area contributed by atoms with Crippen molar-refractivity contribution in [3.63, 3.8) is 0 Å². The third kappa shape index (κ3) is 2.65. The minimum atomic E-state index is -4.14. The molecule has 0 aliphatic rings. The minimum Gasteiger partial charge on any atom is -0.286 e. The fourth-order valence-electron chi connectivity index (χ4n) is 0.854. The van der Waals surface area contributed by atoms with Crippen molar-refractivity contribution >= 4 is 44.9 Å². The lowest BCUT2D eigenvalue weighted by Gasteiger charge is -2.08. The first-order chi connectivity index (χ1) is 6.75. The molecule has 0 saturated carbocycles. The van der Waals surface area contributed by atoms with Gasteiger partial charge in [-0.15, -0.1) is 0 Å². The Morgan fingerprint density at radius 1 is 1.40 bits per heavy atom. The van der Waals surface area contributed by atoms with Gasteiger partial charge < -0.3 is 0 Å². The van der Waals surface area contributed by atoms with E-state index in [4.69, 9.17) is 11.6 Å². The molecule has 0 aliphatic carbocycles. The lowest BCUT2D eigenvalue weighted by molar-refractivity contribution is 0.0531. The molecule has 0 radical (unpaired) electrons. The van der Waals surface area contributed by atoms with Crippen LogP contribution in [0.15, 0.2) is 16.6 Å². The van der Waals surface area contributed by atoms with Crippen molar-refractivity contribution in [1.82, 2.24) is 0 Å². The quantitative estimate of drug-likeness (QED) is 0.452. The first-order valence-corrected chi connectivity index (χ1v) is 5.05. The normalized spacial score (nSPS) is 11.6. The second kappa shape index (κ2) is 4.31. The second-order valence-electron chi connectivity index (χ2n) is 2.55. The number of rotatable bonds is 2. The Kier molecular flexibility index (Phi) is 3.68. The fraction of sp³-hybridized carbons (Fsp3) is 0.125. The molecule has 1 rings (SSSR count). The summed E-state index contributed by atoms with van der Waals surface area (Å²) < 4.78 is 38.2. The first kappa shape index (κ1) is 12.8. The topological polar surface area (TPSA) is 17.1 Å². The number of alkyl halides is 3. The number of benzene rings is 1. The molecule has 0 aromatic heterocycles. The van der Waals surface area contributed by atoms with Gasteiger partial charge in [0.25, 0.3) is 5.78 Å². The molecule has 0 aliphatic heterocycles. The molecular formula is C8H2BrCl2F3O. The van der Waals surface area contributed by atoms with Crippen LogP contribution in [0.1, 0.15) is 10.4 Å². The smallest absolute Gasteiger partial charge is 0.286 e. The lowest BCUT2D eigenvalue weighted by atomic mass is 10.1. The van der Waals surface area contributed by atoms with Crippen LogP contribution >= 0.6 is 39.1 Å². The van der Waals surface area contributed by atoms with E-state index >= 15 is 0 Å². The van der Waals surface area contributed by atoms with E-state index in [0.717, 1.165) is 6.07 Å². The van der Waals surface area contributed by atoms with Crippen molar-refractivity contribution < 1.29 is 18.0 Å². The monoisotopic (exact) mass is 320 g/mol.